The second-order valence-corrected chi connectivity index (χ2v) is 8.91. The van der Waals surface area contributed by atoms with Crippen molar-refractivity contribution in [3.05, 3.63) is 11.1 Å². The smallest absolute Gasteiger partial charge is 0.331 e. The first kappa shape index (κ1) is 14.6. The molecule has 1 N–H and O–H groups in total. The van der Waals surface area contributed by atoms with Crippen LogP contribution in [0, 0.1) is 33.0 Å². The summed E-state index contributed by atoms with van der Waals surface area (Å²) in [6.45, 7) is 8.34. The Labute approximate surface area is 127 Å². The molecule has 4 aliphatic carbocycles. The molecule has 0 heterocycles. The van der Waals surface area contributed by atoms with Gasteiger partial charge in [-0.2, -0.15) is 5.26 Å². The molecule has 114 valence electrons. The van der Waals surface area contributed by atoms with Gasteiger partial charge in [0.2, 0.25) is 0 Å². The van der Waals surface area contributed by atoms with Crippen molar-refractivity contribution in [3.8, 4) is 6.07 Å². The van der Waals surface area contributed by atoms with Crippen molar-refractivity contribution in [2.24, 2.45) is 21.7 Å². The molecule has 4 aliphatic rings. The Hall–Kier alpha value is -1.30. The van der Waals surface area contributed by atoms with E-state index in [1.165, 1.54) is 6.42 Å². The molecular formula is C18H25NO2. The Bertz CT molecular complexity index is 577. The summed E-state index contributed by atoms with van der Waals surface area (Å²) in [6.07, 6.45) is 6.13. The lowest BCUT2D eigenvalue weighted by Crippen LogP contribution is -2.59. The van der Waals surface area contributed by atoms with Crippen molar-refractivity contribution in [2.45, 2.75) is 66.2 Å². The van der Waals surface area contributed by atoms with Crippen LogP contribution >= 0.6 is 0 Å². The highest BCUT2D eigenvalue weighted by Gasteiger charge is 2.66. The number of carboxylic acid groups (broad SMARTS) is 1. The van der Waals surface area contributed by atoms with Gasteiger partial charge in [-0.15, -0.1) is 0 Å². The zero-order valence-electron chi connectivity index (χ0n) is 13.5. The number of allylic oxidation sites excluding steroid dienone is 1. The van der Waals surface area contributed by atoms with E-state index in [1.807, 2.05) is 6.92 Å². The molecule has 0 spiro atoms. The molecule has 4 saturated carbocycles. The number of carboxylic acids is 1. The average molecular weight is 287 g/mol. The van der Waals surface area contributed by atoms with Crippen LogP contribution in [0.2, 0.25) is 0 Å². The molecule has 2 unspecified atom stereocenters. The monoisotopic (exact) mass is 287 g/mol. The van der Waals surface area contributed by atoms with E-state index in [1.54, 1.807) is 6.92 Å². The van der Waals surface area contributed by atoms with E-state index in [-0.39, 0.29) is 21.7 Å². The predicted molar refractivity (Wildman–Crippen MR) is 80.4 cm³/mol. The minimum atomic E-state index is -0.815. The number of nitrogens with zero attached hydrogens (tertiary/aromatic N) is 1. The van der Waals surface area contributed by atoms with Crippen LogP contribution < -0.4 is 0 Å². The molecule has 0 aromatic rings. The number of hydrogen-bond donors (Lipinski definition) is 1. The summed E-state index contributed by atoms with van der Waals surface area (Å²) in [6, 6.07) is 2.64. The van der Waals surface area contributed by atoms with Crippen LogP contribution in [0.4, 0.5) is 0 Å². The van der Waals surface area contributed by atoms with Crippen molar-refractivity contribution < 1.29 is 9.90 Å². The molecular weight excluding hydrogens is 262 g/mol. The Morgan fingerprint density at radius 2 is 1.52 bits per heavy atom. The van der Waals surface area contributed by atoms with Gasteiger partial charge in [0.1, 0.15) is 0 Å². The van der Waals surface area contributed by atoms with Gasteiger partial charge in [-0.3, -0.25) is 0 Å². The van der Waals surface area contributed by atoms with Crippen molar-refractivity contribution >= 4 is 5.97 Å². The maximum Gasteiger partial charge on any atom is 0.331 e. The molecule has 0 amide bonds. The average Bonchev–Trinajstić information content (AvgIpc) is 2.32. The Morgan fingerprint density at radius 3 is 1.95 bits per heavy atom. The van der Waals surface area contributed by atoms with E-state index >= 15 is 0 Å². The summed E-state index contributed by atoms with van der Waals surface area (Å²) < 4.78 is 0. The van der Waals surface area contributed by atoms with Crippen LogP contribution in [-0.4, -0.2) is 11.1 Å². The minimum absolute atomic E-state index is 0.0730. The second-order valence-electron chi connectivity index (χ2n) is 8.91. The third kappa shape index (κ3) is 1.95. The predicted octanol–water partition coefficient (Wildman–Crippen LogP) is 4.30. The number of carbonyl (C=O) groups is 1. The molecule has 4 bridgehead atoms. The van der Waals surface area contributed by atoms with Crippen LogP contribution in [-0.2, 0) is 4.79 Å². The Kier molecular flexibility index (Phi) is 2.73. The Balaban J connectivity index is 2.15. The first-order valence-corrected chi connectivity index (χ1v) is 7.89. The summed E-state index contributed by atoms with van der Waals surface area (Å²) in [5.74, 6) is -0.815. The van der Waals surface area contributed by atoms with Crippen LogP contribution in [0.25, 0.3) is 0 Å². The minimum Gasteiger partial charge on any atom is -0.478 e. The first-order valence-electron chi connectivity index (χ1n) is 7.89. The fourth-order valence-corrected chi connectivity index (χ4v) is 6.77. The fraction of sp³-hybridized carbons (Fsp3) is 0.778. The van der Waals surface area contributed by atoms with Crippen molar-refractivity contribution in [1.29, 1.82) is 5.26 Å². The highest BCUT2D eigenvalue weighted by Crippen LogP contribution is 2.75. The Morgan fingerprint density at radius 1 is 1.00 bits per heavy atom. The van der Waals surface area contributed by atoms with Gasteiger partial charge in [-0.25, -0.2) is 4.79 Å². The molecule has 0 saturated heterocycles. The molecule has 4 rings (SSSR count). The molecule has 0 radical (unpaired) electrons. The molecule has 0 aliphatic heterocycles. The summed E-state index contributed by atoms with van der Waals surface area (Å²) in [7, 11) is 0. The zero-order chi connectivity index (χ0) is 15.7. The number of nitriles is 1. The van der Waals surface area contributed by atoms with Crippen LogP contribution in [0.5, 0.6) is 0 Å². The van der Waals surface area contributed by atoms with Gasteiger partial charge in [0.25, 0.3) is 0 Å². The van der Waals surface area contributed by atoms with Gasteiger partial charge in [-0.05, 0) is 68.6 Å². The van der Waals surface area contributed by atoms with Crippen LogP contribution in [0.15, 0.2) is 11.1 Å². The standard InChI is InChI=1S/C18H25NO2/c1-12(14(20)21)13(2)18-8-15(3)5-16(4,9-18)7-17(6-15,10-18)11-19/h5-10H2,1-4H3,(H,20,21). The van der Waals surface area contributed by atoms with E-state index in [0.717, 1.165) is 37.7 Å². The van der Waals surface area contributed by atoms with Crippen molar-refractivity contribution in [2.75, 3.05) is 0 Å². The summed E-state index contributed by atoms with van der Waals surface area (Å²) >= 11 is 0. The zero-order valence-corrected chi connectivity index (χ0v) is 13.5. The van der Waals surface area contributed by atoms with Crippen LogP contribution in [0.3, 0.4) is 0 Å². The van der Waals surface area contributed by atoms with E-state index in [0.29, 0.717) is 5.57 Å². The lowest BCUT2D eigenvalue weighted by Gasteiger charge is -2.68. The van der Waals surface area contributed by atoms with Gasteiger partial charge >= 0.3 is 5.97 Å². The number of hydrogen-bond acceptors (Lipinski definition) is 2. The normalized spacial score (nSPS) is 48.7. The molecule has 2 atom stereocenters. The highest BCUT2D eigenvalue weighted by atomic mass is 16.4. The van der Waals surface area contributed by atoms with E-state index in [2.05, 4.69) is 19.9 Å². The van der Waals surface area contributed by atoms with Gasteiger partial charge in [-0.1, -0.05) is 19.4 Å². The molecule has 3 nitrogen and oxygen atoms in total. The number of aliphatic carboxylic acids is 1. The fourth-order valence-electron chi connectivity index (χ4n) is 6.77. The quantitative estimate of drug-likeness (QED) is 0.770. The third-order valence-electron chi connectivity index (χ3n) is 6.51. The highest BCUT2D eigenvalue weighted by molar-refractivity contribution is 5.87. The van der Waals surface area contributed by atoms with E-state index in [9.17, 15) is 15.2 Å². The van der Waals surface area contributed by atoms with Crippen molar-refractivity contribution in [1.82, 2.24) is 0 Å². The van der Waals surface area contributed by atoms with Gasteiger partial charge in [0.05, 0.1) is 11.5 Å². The first-order chi connectivity index (χ1) is 9.57. The van der Waals surface area contributed by atoms with Crippen molar-refractivity contribution in [3.63, 3.8) is 0 Å². The maximum absolute atomic E-state index is 11.4. The molecule has 3 heteroatoms. The van der Waals surface area contributed by atoms with E-state index in [4.69, 9.17) is 0 Å². The lowest BCUT2D eigenvalue weighted by molar-refractivity contribution is -0.156. The molecule has 0 aromatic heterocycles. The third-order valence-corrected chi connectivity index (χ3v) is 6.51. The number of rotatable bonds is 2. The second kappa shape index (κ2) is 3.91. The van der Waals surface area contributed by atoms with Gasteiger partial charge in [0, 0.05) is 5.57 Å². The maximum atomic E-state index is 11.4. The van der Waals surface area contributed by atoms with E-state index < -0.39 is 5.97 Å². The van der Waals surface area contributed by atoms with Gasteiger partial charge in [0.15, 0.2) is 0 Å². The molecule has 0 aromatic carbocycles. The molecule has 4 fully saturated rings. The summed E-state index contributed by atoms with van der Waals surface area (Å²) in [4.78, 5) is 11.4. The topological polar surface area (TPSA) is 61.1 Å². The lowest BCUT2D eigenvalue weighted by atomic mass is 9.35. The van der Waals surface area contributed by atoms with Crippen LogP contribution in [0.1, 0.15) is 66.2 Å². The largest absolute Gasteiger partial charge is 0.478 e. The molecule has 21 heavy (non-hydrogen) atoms. The summed E-state index contributed by atoms with van der Waals surface area (Å²) in [5, 5.41) is 19.2. The summed E-state index contributed by atoms with van der Waals surface area (Å²) in [5.41, 5.74) is 1.58. The SMILES string of the molecule is CC(C(=O)O)=C(C)C12CC3(C)CC(C)(CC(C#N)(C3)C1)C2. The van der Waals surface area contributed by atoms with Gasteiger partial charge < -0.3 is 5.11 Å².